The topological polar surface area (TPSA) is 29.3 Å². The molecule has 0 amide bonds. The molecule has 1 aromatic carbocycles. The maximum atomic E-state index is 6.09. The summed E-state index contributed by atoms with van der Waals surface area (Å²) >= 11 is 9.60. The lowest BCUT2D eigenvalue weighted by Crippen LogP contribution is -2.35. The molecule has 2 rings (SSSR count). The maximum absolute atomic E-state index is 6.09. The van der Waals surface area contributed by atoms with Crippen LogP contribution in [0.5, 0.6) is 0 Å². The third kappa shape index (κ3) is 3.97. The molecule has 1 saturated heterocycles. The SMILES string of the molecule is CC1(C)CCCN(C(CN)c2ccc(Cl)c(Br)c2)CC1. The fourth-order valence-electron chi connectivity index (χ4n) is 2.97. The molecule has 112 valence electrons. The minimum atomic E-state index is 0.289. The normalized spacial score (nSPS) is 21.4. The van der Waals surface area contributed by atoms with E-state index in [1.807, 2.05) is 6.07 Å². The lowest BCUT2D eigenvalue weighted by Gasteiger charge is -2.31. The van der Waals surface area contributed by atoms with Crippen LogP contribution in [0.1, 0.15) is 44.7 Å². The first-order valence-corrected chi connectivity index (χ1v) is 8.49. The van der Waals surface area contributed by atoms with Crippen molar-refractivity contribution < 1.29 is 0 Å². The number of benzene rings is 1. The number of hydrogen-bond donors (Lipinski definition) is 1. The first-order valence-electron chi connectivity index (χ1n) is 7.32. The molecule has 1 unspecified atom stereocenters. The summed E-state index contributed by atoms with van der Waals surface area (Å²) in [6.45, 7) is 7.63. The molecule has 4 heteroatoms. The highest BCUT2D eigenvalue weighted by Crippen LogP contribution is 2.34. The lowest BCUT2D eigenvalue weighted by atomic mass is 9.85. The van der Waals surface area contributed by atoms with Crippen LogP contribution in [0.15, 0.2) is 22.7 Å². The first kappa shape index (κ1) is 16.3. The predicted octanol–water partition coefficient (Wildman–Crippen LogP) is 4.61. The fraction of sp³-hybridized carbons (Fsp3) is 0.625. The summed E-state index contributed by atoms with van der Waals surface area (Å²) in [6.07, 6.45) is 3.78. The summed E-state index contributed by atoms with van der Waals surface area (Å²) in [7, 11) is 0. The van der Waals surface area contributed by atoms with Crippen molar-refractivity contribution in [1.29, 1.82) is 0 Å². The Morgan fingerprint density at radius 2 is 2.10 bits per heavy atom. The van der Waals surface area contributed by atoms with Gasteiger partial charge in [0.25, 0.3) is 0 Å². The molecule has 20 heavy (non-hydrogen) atoms. The van der Waals surface area contributed by atoms with Gasteiger partial charge in [-0.2, -0.15) is 0 Å². The largest absolute Gasteiger partial charge is 0.329 e. The Kier molecular flexibility index (Phi) is 5.52. The third-order valence-corrected chi connectivity index (χ3v) is 5.58. The highest BCUT2D eigenvalue weighted by atomic mass is 79.9. The summed E-state index contributed by atoms with van der Waals surface area (Å²) in [5, 5.41) is 0.751. The molecule has 1 aliphatic rings. The van der Waals surface area contributed by atoms with Gasteiger partial charge in [-0.05, 0) is 71.4 Å². The van der Waals surface area contributed by atoms with Crippen LogP contribution in [0.4, 0.5) is 0 Å². The first-order chi connectivity index (χ1) is 9.43. The highest BCUT2D eigenvalue weighted by molar-refractivity contribution is 9.10. The molecule has 0 bridgehead atoms. The van der Waals surface area contributed by atoms with Crippen LogP contribution in [-0.2, 0) is 0 Å². The second-order valence-corrected chi connectivity index (χ2v) is 7.74. The van der Waals surface area contributed by atoms with Crippen LogP contribution < -0.4 is 5.73 Å². The number of nitrogens with zero attached hydrogens (tertiary/aromatic N) is 1. The quantitative estimate of drug-likeness (QED) is 0.853. The van der Waals surface area contributed by atoms with Gasteiger partial charge in [-0.3, -0.25) is 4.90 Å². The molecule has 0 aliphatic carbocycles. The van der Waals surface area contributed by atoms with E-state index in [4.69, 9.17) is 17.3 Å². The highest BCUT2D eigenvalue weighted by Gasteiger charge is 2.27. The average Bonchev–Trinajstić information content (AvgIpc) is 2.56. The van der Waals surface area contributed by atoms with E-state index in [0.717, 1.165) is 22.6 Å². The molecular weight excluding hydrogens is 336 g/mol. The van der Waals surface area contributed by atoms with E-state index in [0.29, 0.717) is 12.0 Å². The van der Waals surface area contributed by atoms with E-state index < -0.39 is 0 Å². The Balaban J connectivity index is 2.17. The van der Waals surface area contributed by atoms with E-state index >= 15 is 0 Å². The Hall–Kier alpha value is -0.0900. The summed E-state index contributed by atoms with van der Waals surface area (Å²) < 4.78 is 0.949. The van der Waals surface area contributed by atoms with Crippen LogP contribution in [0.25, 0.3) is 0 Å². The van der Waals surface area contributed by atoms with Crippen LogP contribution in [0, 0.1) is 5.41 Å². The number of hydrogen-bond acceptors (Lipinski definition) is 2. The van der Waals surface area contributed by atoms with Crippen molar-refractivity contribution in [2.24, 2.45) is 11.1 Å². The number of rotatable bonds is 3. The minimum absolute atomic E-state index is 0.289. The molecule has 1 atom stereocenters. The molecule has 0 spiro atoms. The van der Waals surface area contributed by atoms with Gasteiger partial charge in [0, 0.05) is 17.1 Å². The second-order valence-electron chi connectivity index (χ2n) is 6.48. The number of nitrogens with two attached hydrogens (primary N) is 1. The van der Waals surface area contributed by atoms with Gasteiger partial charge in [-0.1, -0.05) is 31.5 Å². The van der Waals surface area contributed by atoms with Gasteiger partial charge in [0.2, 0.25) is 0 Å². The summed E-state index contributed by atoms with van der Waals surface area (Å²) in [6, 6.07) is 6.44. The molecule has 2 nitrogen and oxygen atoms in total. The van der Waals surface area contributed by atoms with Crippen LogP contribution in [0.3, 0.4) is 0 Å². The number of halogens is 2. The van der Waals surface area contributed by atoms with Crippen molar-refractivity contribution in [3.63, 3.8) is 0 Å². The van der Waals surface area contributed by atoms with Crippen molar-refractivity contribution >= 4 is 27.5 Å². The predicted molar refractivity (Wildman–Crippen MR) is 90.2 cm³/mol. The van der Waals surface area contributed by atoms with Crippen molar-refractivity contribution in [2.45, 2.75) is 39.2 Å². The standard InChI is InChI=1S/C16H24BrClN2/c1-16(2)6-3-8-20(9-7-16)15(11-19)12-4-5-14(18)13(17)10-12/h4-5,10,15H,3,6-9,11,19H2,1-2H3. The molecular formula is C16H24BrClN2. The molecule has 0 radical (unpaired) electrons. The summed E-state index contributed by atoms with van der Waals surface area (Å²) in [4.78, 5) is 2.53. The molecule has 1 heterocycles. The van der Waals surface area contributed by atoms with Gasteiger partial charge in [0.1, 0.15) is 0 Å². The molecule has 0 saturated carbocycles. The van der Waals surface area contributed by atoms with E-state index in [2.05, 4.69) is 46.8 Å². The van der Waals surface area contributed by atoms with Crippen LogP contribution in [-0.4, -0.2) is 24.5 Å². The smallest absolute Gasteiger partial charge is 0.0548 e. The molecule has 2 N–H and O–H groups in total. The van der Waals surface area contributed by atoms with Gasteiger partial charge in [-0.25, -0.2) is 0 Å². The molecule has 1 aromatic rings. The molecule has 0 aromatic heterocycles. The Bertz CT molecular complexity index is 462. The zero-order valence-electron chi connectivity index (χ0n) is 12.3. The number of likely N-dealkylation sites (tertiary alicyclic amines) is 1. The maximum Gasteiger partial charge on any atom is 0.0548 e. The second kappa shape index (κ2) is 6.78. The minimum Gasteiger partial charge on any atom is -0.329 e. The average molecular weight is 360 g/mol. The van der Waals surface area contributed by atoms with Crippen molar-refractivity contribution in [1.82, 2.24) is 4.90 Å². The van der Waals surface area contributed by atoms with E-state index in [1.54, 1.807) is 0 Å². The van der Waals surface area contributed by atoms with E-state index in [-0.39, 0.29) is 6.04 Å². The Labute approximate surface area is 135 Å². The van der Waals surface area contributed by atoms with Crippen LogP contribution in [0.2, 0.25) is 5.02 Å². The Morgan fingerprint density at radius 1 is 1.35 bits per heavy atom. The van der Waals surface area contributed by atoms with Gasteiger partial charge in [0.05, 0.1) is 5.02 Å². The van der Waals surface area contributed by atoms with Crippen molar-refractivity contribution in [3.8, 4) is 0 Å². The lowest BCUT2D eigenvalue weighted by molar-refractivity contribution is 0.200. The van der Waals surface area contributed by atoms with Crippen molar-refractivity contribution in [3.05, 3.63) is 33.3 Å². The fourth-order valence-corrected chi connectivity index (χ4v) is 3.49. The molecule has 1 fully saturated rings. The van der Waals surface area contributed by atoms with Gasteiger partial charge >= 0.3 is 0 Å². The molecule has 1 aliphatic heterocycles. The summed E-state index contributed by atoms with van der Waals surface area (Å²) in [5.41, 5.74) is 7.76. The monoisotopic (exact) mass is 358 g/mol. The Morgan fingerprint density at radius 3 is 2.75 bits per heavy atom. The third-order valence-electron chi connectivity index (χ3n) is 4.37. The van der Waals surface area contributed by atoms with Crippen LogP contribution >= 0.6 is 27.5 Å². The van der Waals surface area contributed by atoms with Gasteiger partial charge in [-0.15, -0.1) is 0 Å². The van der Waals surface area contributed by atoms with Gasteiger partial charge in [0.15, 0.2) is 0 Å². The summed E-state index contributed by atoms with van der Waals surface area (Å²) in [5.74, 6) is 0. The zero-order valence-corrected chi connectivity index (χ0v) is 14.7. The van der Waals surface area contributed by atoms with E-state index in [9.17, 15) is 0 Å². The van der Waals surface area contributed by atoms with Crippen molar-refractivity contribution in [2.75, 3.05) is 19.6 Å². The van der Waals surface area contributed by atoms with Gasteiger partial charge < -0.3 is 5.73 Å². The van der Waals surface area contributed by atoms with E-state index in [1.165, 1.54) is 24.8 Å². The zero-order chi connectivity index (χ0) is 14.8.